The van der Waals surface area contributed by atoms with Gasteiger partial charge in [0.05, 0.1) is 25.4 Å². The average Bonchev–Trinajstić information content (AvgIpc) is 2.21. The van der Waals surface area contributed by atoms with Gasteiger partial charge in [-0.15, -0.1) is 0 Å². The van der Waals surface area contributed by atoms with Gasteiger partial charge in [0, 0.05) is 12.6 Å². The number of nitrogens with two attached hydrogens (primary N) is 1. The fraction of sp³-hybridized carbons (Fsp3) is 0.900. The summed E-state index contributed by atoms with van der Waals surface area (Å²) >= 11 is 0. The van der Waals surface area contributed by atoms with Crippen molar-refractivity contribution in [2.24, 2.45) is 5.73 Å². The van der Waals surface area contributed by atoms with E-state index in [0.29, 0.717) is 13.2 Å². The van der Waals surface area contributed by atoms with E-state index >= 15 is 0 Å². The predicted molar refractivity (Wildman–Crippen MR) is 59.0 cm³/mol. The van der Waals surface area contributed by atoms with E-state index < -0.39 is 0 Å². The molecule has 15 heavy (non-hydrogen) atoms. The number of aliphatic hydroxyl groups is 1. The van der Waals surface area contributed by atoms with Gasteiger partial charge in [-0.25, -0.2) is 0 Å². The second kappa shape index (κ2) is 5.44. The maximum absolute atomic E-state index is 9.05. The molecule has 4 N–H and O–H groups in total. The zero-order valence-corrected chi connectivity index (χ0v) is 9.44. The van der Waals surface area contributed by atoms with Crippen LogP contribution in [0.5, 0.6) is 0 Å². The molecule has 0 aliphatic carbocycles. The highest BCUT2D eigenvalue weighted by molar-refractivity contribution is 5.82. The van der Waals surface area contributed by atoms with Crippen LogP contribution in [0.4, 0.5) is 0 Å². The summed E-state index contributed by atoms with van der Waals surface area (Å²) in [5, 5.41) is 16.6. The van der Waals surface area contributed by atoms with Gasteiger partial charge in [0.25, 0.3) is 0 Å². The van der Waals surface area contributed by atoms with Gasteiger partial charge in [0.1, 0.15) is 5.84 Å². The number of aliphatic hydroxyl groups excluding tert-OH is 1. The summed E-state index contributed by atoms with van der Waals surface area (Å²) in [7, 11) is 0. The van der Waals surface area contributed by atoms with E-state index in [9.17, 15) is 0 Å². The monoisotopic (exact) mass is 215 g/mol. The average molecular weight is 215 g/mol. The van der Waals surface area contributed by atoms with E-state index in [2.05, 4.69) is 11.8 Å². The molecule has 0 aromatic heterocycles. The third-order valence-corrected chi connectivity index (χ3v) is 2.90. The molecule has 3 unspecified atom stereocenters. The largest absolute Gasteiger partial charge is 0.394 e. The summed E-state index contributed by atoms with van der Waals surface area (Å²) in [6.07, 6.45) is 0.673. The number of hydrogen-bond donors (Lipinski definition) is 3. The van der Waals surface area contributed by atoms with Crippen molar-refractivity contribution < 1.29 is 9.84 Å². The van der Waals surface area contributed by atoms with Crippen LogP contribution in [0.2, 0.25) is 0 Å². The first-order valence-corrected chi connectivity index (χ1v) is 5.42. The van der Waals surface area contributed by atoms with Crippen LogP contribution in [-0.2, 0) is 4.74 Å². The predicted octanol–water partition coefficient (Wildman–Crippen LogP) is -0.217. The number of ether oxygens (including phenoxy) is 1. The van der Waals surface area contributed by atoms with Crippen molar-refractivity contribution in [1.82, 2.24) is 4.90 Å². The van der Waals surface area contributed by atoms with Gasteiger partial charge in [-0.3, -0.25) is 10.3 Å². The van der Waals surface area contributed by atoms with Crippen LogP contribution in [-0.4, -0.2) is 53.8 Å². The lowest BCUT2D eigenvalue weighted by molar-refractivity contribution is -0.0840. The molecule has 0 aromatic carbocycles. The van der Waals surface area contributed by atoms with Crippen molar-refractivity contribution in [3.8, 4) is 0 Å². The van der Waals surface area contributed by atoms with Gasteiger partial charge in [-0.2, -0.15) is 0 Å². The standard InChI is InChI=1S/C10H21N3O2/c1-3-9(10(11)12)13-4-8(5-14)15-6-7(13)2/h7-9,14H,3-6H2,1-2H3,(H3,11,12). The second-order valence-electron chi connectivity index (χ2n) is 4.06. The van der Waals surface area contributed by atoms with Gasteiger partial charge < -0.3 is 15.6 Å². The molecule has 1 fully saturated rings. The third-order valence-electron chi connectivity index (χ3n) is 2.90. The summed E-state index contributed by atoms with van der Waals surface area (Å²) in [6, 6.07) is 0.222. The van der Waals surface area contributed by atoms with E-state index in [1.807, 2.05) is 6.92 Å². The first-order valence-electron chi connectivity index (χ1n) is 5.42. The van der Waals surface area contributed by atoms with Crippen LogP contribution in [0.25, 0.3) is 0 Å². The summed E-state index contributed by atoms with van der Waals surface area (Å²) in [6.45, 7) is 5.34. The molecule has 1 aliphatic rings. The molecular formula is C10H21N3O2. The maximum atomic E-state index is 9.05. The Balaban J connectivity index is 2.67. The highest BCUT2D eigenvalue weighted by Crippen LogP contribution is 2.16. The number of nitrogens with zero attached hydrogens (tertiary/aromatic N) is 1. The molecule has 88 valence electrons. The summed E-state index contributed by atoms with van der Waals surface area (Å²) in [5.74, 6) is 0.197. The molecule has 1 aliphatic heterocycles. The fourth-order valence-electron chi connectivity index (χ4n) is 2.02. The van der Waals surface area contributed by atoms with E-state index in [0.717, 1.165) is 6.42 Å². The van der Waals surface area contributed by atoms with Gasteiger partial charge in [0.15, 0.2) is 0 Å². The minimum absolute atomic E-state index is 0.0254. The van der Waals surface area contributed by atoms with E-state index in [4.69, 9.17) is 21.0 Å². The van der Waals surface area contributed by atoms with Gasteiger partial charge in [-0.1, -0.05) is 6.92 Å². The highest BCUT2D eigenvalue weighted by Gasteiger charge is 2.31. The number of nitrogens with one attached hydrogen (secondary N) is 1. The molecule has 0 amide bonds. The zero-order valence-electron chi connectivity index (χ0n) is 9.44. The van der Waals surface area contributed by atoms with Crippen LogP contribution in [0, 0.1) is 5.41 Å². The molecule has 1 rings (SSSR count). The molecule has 0 radical (unpaired) electrons. The minimum Gasteiger partial charge on any atom is -0.394 e. The molecule has 3 atom stereocenters. The molecular weight excluding hydrogens is 194 g/mol. The van der Waals surface area contributed by atoms with Crippen molar-refractivity contribution in [3.05, 3.63) is 0 Å². The number of amidine groups is 1. The topological polar surface area (TPSA) is 82.6 Å². The van der Waals surface area contributed by atoms with Crippen molar-refractivity contribution >= 4 is 5.84 Å². The zero-order chi connectivity index (χ0) is 11.4. The van der Waals surface area contributed by atoms with Gasteiger partial charge >= 0.3 is 0 Å². The first-order chi connectivity index (χ1) is 7.10. The Labute approximate surface area is 90.7 Å². The molecule has 5 heteroatoms. The highest BCUT2D eigenvalue weighted by atomic mass is 16.5. The Morgan fingerprint density at radius 1 is 1.73 bits per heavy atom. The molecule has 1 saturated heterocycles. The normalized spacial score (nSPS) is 30.1. The van der Waals surface area contributed by atoms with Gasteiger partial charge in [0.2, 0.25) is 0 Å². The number of hydrogen-bond acceptors (Lipinski definition) is 4. The van der Waals surface area contributed by atoms with E-state index in [-0.39, 0.29) is 30.6 Å². The Morgan fingerprint density at radius 2 is 2.40 bits per heavy atom. The lowest BCUT2D eigenvalue weighted by Crippen LogP contribution is -2.56. The summed E-state index contributed by atoms with van der Waals surface area (Å²) in [4.78, 5) is 2.15. The molecule has 5 nitrogen and oxygen atoms in total. The summed E-state index contributed by atoms with van der Waals surface area (Å²) in [5.41, 5.74) is 5.57. The Hall–Kier alpha value is -0.650. The fourth-order valence-corrected chi connectivity index (χ4v) is 2.02. The van der Waals surface area contributed by atoms with Crippen molar-refractivity contribution in [1.29, 1.82) is 5.41 Å². The minimum atomic E-state index is -0.144. The molecule has 0 saturated carbocycles. The third kappa shape index (κ3) is 2.90. The SMILES string of the molecule is CCC(C(=N)N)N1CC(CO)OCC1C. The Morgan fingerprint density at radius 3 is 2.87 bits per heavy atom. The van der Waals surface area contributed by atoms with Crippen molar-refractivity contribution in [3.63, 3.8) is 0 Å². The molecule has 0 bridgehead atoms. The quantitative estimate of drug-likeness (QED) is 0.447. The smallest absolute Gasteiger partial charge is 0.108 e. The van der Waals surface area contributed by atoms with Crippen LogP contribution in [0.3, 0.4) is 0 Å². The molecule has 1 heterocycles. The molecule has 0 aromatic rings. The summed E-state index contributed by atoms with van der Waals surface area (Å²) < 4.78 is 5.44. The van der Waals surface area contributed by atoms with Crippen LogP contribution in [0.15, 0.2) is 0 Å². The Bertz CT molecular complexity index is 223. The molecule has 0 spiro atoms. The van der Waals surface area contributed by atoms with Crippen LogP contribution < -0.4 is 5.73 Å². The van der Waals surface area contributed by atoms with Crippen LogP contribution >= 0.6 is 0 Å². The van der Waals surface area contributed by atoms with E-state index in [1.165, 1.54) is 0 Å². The lowest BCUT2D eigenvalue weighted by Gasteiger charge is -2.41. The van der Waals surface area contributed by atoms with Crippen molar-refractivity contribution in [2.75, 3.05) is 19.8 Å². The first kappa shape index (κ1) is 12.4. The van der Waals surface area contributed by atoms with Crippen molar-refractivity contribution in [2.45, 2.75) is 38.5 Å². The van der Waals surface area contributed by atoms with Gasteiger partial charge in [-0.05, 0) is 13.3 Å². The Kier molecular flexibility index (Phi) is 4.50. The number of rotatable bonds is 4. The maximum Gasteiger partial charge on any atom is 0.108 e. The second-order valence-corrected chi connectivity index (χ2v) is 4.06. The van der Waals surface area contributed by atoms with Crippen LogP contribution in [0.1, 0.15) is 20.3 Å². The van der Waals surface area contributed by atoms with E-state index in [1.54, 1.807) is 0 Å². The number of morpholine rings is 1. The lowest BCUT2D eigenvalue weighted by atomic mass is 10.1.